The first-order chi connectivity index (χ1) is 9.02. The third-order valence-corrected chi connectivity index (χ3v) is 2.87. The fourth-order valence-corrected chi connectivity index (χ4v) is 2.01. The third-order valence-electron chi connectivity index (χ3n) is 2.87. The molecule has 2 rings (SSSR count). The van der Waals surface area contributed by atoms with Gasteiger partial charge < -0.3 is 4.57 Å². The van der Waals surface area contributed by atoms with E-state index in [2.05, 4.69) is 20.4 Å². The summed E-state index contributed by atoms with van der Waals surface area (Å²) >= 11 is 0. The van der Waals surface area contributed by atoms with E-state index in [1.165, 1.54) is 6.92 Å². The Hall–Kier alpha value is -2.37. The zero-order valence-corrected chi connectivity index (χ0v) is 11.2. The van der Waals surface area contributed by atoms with Crippen LogP contribution < -0.4 is 10.9 Å². The van der Waals surface area contributed by atoms with Crippen molar-refractivity contribution >= 4 is 22.8 Å². The molecule has 0 spiro atoms. The van der Waals surface area contributed by atoms with E-state index in [0.29, 0.717) is 5.56 Å². The molecule has 0 atom stereocenters. The van der Waals surface area contributed by atoms with Crippen molar-refractivity contribution in [1.29, 1.82) is 0 Å². The van der Waals surface area contributed by atoms with Gasteiger partial charge in [-0.3, -0.25) is 20.4 Å². The van der Waals surface area contributed by atoms with Gasteiger partial charge in [-0.15, -0.1) is 0 Å². The molecule has 1 aromatic carbocycles. The Balaban J connectivity index is 2.31. The van der Waals surface area contributed by atoms with E-state index in [-0.39, 0.29) is 11.8 Å². The molecule has 2 aromatic rings. The summed E-state index contributed by atoms with van der Waals surface area (Å²) in [6, 6.07) is 5.29. The Morgan fingerprint density at radius 1 is 1.32 bits per heavy atom. The summed E-state index contributed by atoms with van der Waals surface area (Å²) < 4.78 is 2.07. The number of amides is 2. The molecule has 0 aliphatic rings. The van der Waals surface area contributed by atoms with Crippen LogP contribution in [0, 0.1) is 6.92 Å². The van der Waals surface area contributed by atoms with Crippen molar-refractivity contribution in [2.75, 3.05) is 0 Å². The third kappa shape index (κ3) is 2.57. The molecule has 0 unspecified atom stereocenters. The predicted molar refractivity (Wildman–Crippen MR) is 71.4 cm³/mol. The van der Waals surface area contributed by atoms with E-state index in [9.17, 15) is 9.59 Å². The van der Waals surface area contributed by atoms with Gasteiger partial charge in [0.15, 0.2) is 0 Å². The van der Waals surface area contributed by atoms with Crippen molar-refractivity contribution < 1.29 is 9.59 Å². The second kappa shape index (κ2) is 5.09. The van der Waals surface area contributed by atoms with Crippen molar-refractivity contribution in [2.45, 2.75) is 27.3 Å². The van der Waals surface area contributed by atoms with Gasteiger partial charge in [0, 0.05) is 19.0 Å². The second-order valence-electron chi connectivity index (χ2n) is 4.24. The summed E-state index contributed by atoms with van der Waals surface area (Å²) in [5, 5.41) is 0. The molecular formula is C13H16N4O2. The van der Waals surface area contributed by atoms with Gasteiger partial charge in [0.1, 0.15) is 5.82 Å². The van der Waals surface area contributed by atoms with Crippen LogP contribution in [0.4, 0.5) is 0 Å². The van der Waals surface area contributed by atoms with Crippen LogP contribution >= 0.6 is 0 Å². The van der Waals surface area contributed by atoms with Gasteiger partial charge in [-0.1, -0.05) is 0 Å². The molecule has 19 heavy (non-hydrogen) atoms. The van der Waals surface area contributed by atoms with Crippen LogP contribution in [0.1, 0.15) is 30.0 Å². The first kappa shape index (κ1) is 13.1. The highest BCUT2D eigenvalue weighted by molar-refractivity contribution is 5.98. The molecule has 0 fully saturated rings. The number of imidazole rings is 1. The lowest BCUT2D eigenvalue weighted by Gasteiger charge is -2.05. The van der Waals surface area contributed by atoms with E-state index in [1.807, 2.05) is 19.9 Å². The van der Waals surface area contributed by atoms with Crippen LogP contribution in [0.3, 0.4) is 0 Å². The molecule has 0 bridgehead atoms. The molecular weight excluding hydrogens is 244 g/mol. The van der Waals surface area contributed by atoms with Gasteiger partial charge in [0.2, 0.25) is 5.91 Å². The number of fused-ring (bicyclic) bond motifs is 1. The van der Waals surface area contributed by atoms with E-state index >= 15 is 0 Å². The topological polar surface area (TPSA) is 76.0 Å². The molecule has 0 aliphatic carbocycles. The van der Waals surface area contributed by atoms with Gasteiger partial charge in [0.05, 0.1) is 11.0 Å². The number of benzene rings is 1. The van der Waals surface area contributed by atoms with E-state index in [4.69, 9.17) is 0 Å². The Labute approximate surface area is 110 Å². The molecule has 6 heteroatoms. The van der Waals surface area contributed by atoms with Gasteiger partial charge in [-0.25, -0.2) is 4.98 Å². The summed E-state index contributed by atoms with van der Waals surface area (Å²) in [5.74, 6) is 0.234. The highest BCUT2D eigenvalue weighted by Gasteiger charge is 2.10. The summed E-state index contributed by atoms with van der Waals surface area (Å²) in [5.41, 5.74) is 6.81. The normalized spacial score (nSPS) is 10.5. The highest BCUT2D eigenvalue weighted by atomic mass is 16.2. The molecule has 0 saturated carbocycles. The molecule has 0 saturated heterocycles. The van der Waals surface area contributed by atoms with E-state index < -0.39 is 0 Å². The van der Waals surface area contributed by atoms with Crippen molar-refractivity contribution in [3.8, 4) is 0 Å². The number of aryl methyl sites for hydroxylation is 2. The Morgan fingerprint density at radius 2 is 2.05 bits per heavy atom. The van der Waals surface area contributed by atoms with Crippen LogP contribution in [0.2, 0.25) is 0 Å². The first-order valence-electron chi connectivity index (χ1n) is 6.06. The van der Waals surface area contributed by atoms with Crippen LogP contribution in [-0.4, -0.2) is 21.4 Å². The Kier molecular flexibility index (Phi) is 3.50. The van der Waals surface area contributed by atoms with Gasteiger partial charge in [-0.05, 0) is 32.0 Å². The van der Waals surface area contributed by atoms with Gasteiger partial charge >= 0.3 is 0 Å². The number of aromatic nitrogens is 2. The first-order valence-corrected chi connectivity index (χ1v) is 6.06. The zero-order chi connectivity index (χ0) is 14.0. The van der Waals surface area contributed by atoms with Crippen molar-refractivity contribution in [1.82, 2.24) is 20.4 Å². The fourth-order valence-electron chi connectivity index (χ4n) is 2.01. The van der Waals surface area contributed by atoms with Crippen LogP contribution in [0.25, 0.3) is 11.0 Å². The monoisotopic (exact) mass is 260 g/mol. The summed E-state index contributed by atoms with van der Waals surface area (Å²) in [6.45, 7) is 6.14. The minimum Gasteiger partial charge on any atom is -0.329 e. The van der Waals surface area contributed by atoms with E-state index in [0.717, 1.165) is 23.4 Å². The SMILES string of the molecule is CCn1c(C)nc2cc(C(=O)NNC(C)=O)ccc21. The number of hydrazine groups is 1. The Morgan fingerprint density at radius 3 is 2.68 bits per heavy atom. The molecule has 2 N–H and O–H groups in total. The molecule has 0 aliphatic heterocycles. The molecule has 1 heterocycles. The minimum atomic E-state index is -0.360. The average molecular weight is 260 g/mol. The quantitative estimate of drug-likeness (QED) is 0.795. The molecule has 6 nitrogen and oxygen atoms in total. The number of hydrogen-bond donors (Lipinski definition) is 2. The lowest BCUT2D eigenvalue weighted by atomic mass is 10.2. The number of nitrogens with one attached hydrogen (secondary N) is 2. The number of hydrogen-bond acceptors (Lipinski definition) is 3. The number of carbonyl (C=O) groups excluding carboxylic acids is 2. The zero-order valence-electron chi connectivity index (χ0n) is 11.2. The number of rotatable bonds is 2. The molecule has 2 amide bonds. The Bertz CT molecular complexity index is 645. The van der Waals surface area contributed by atoms with Crippen LogP contribution in [-0.2, 0) is 11.3 Å². The predicted octanol–water partition coefficient (Wildman–Crippen LogP) is 1.15. The maximum atomic E-state index is 11.8. The molecule has 0 radical (unpaired) electrons. The number of carbonyl (C=O) groups is 2. The van der Waals surface area contributed by atoms with Gasteiger partial charge in [-0.2, -0.15) is 0 Å². The van der Waals surface area contributed by atoms with Crippen molar-refractivity contribution in [2.24, 2.45) is 0 Å². The van der Waals surface area contributed by atoms with Gasteiger partial charge in [0.25, 0.3) is 5.91 Å². The smallest absolute Gasteiger partial charge is 0.269 e. The minimum absolute atomic E-state index is 0.319. The van der Waals surface area contributed by atoms with Crippen LogP contribution in [0.15, 0.2) is 18.2 Å². The maximum Gasteiger partial charge on any atom is 0.269 e. The summed E-state index contributed by atoms with van der Waals surface area (Å²) in [7, 11) is 0. The maximum absolute atomic E-state index is 11.8. The number of nitrogens with zero attached hydrogens (tertiary/aromatic N) is 2. The summed E-state index contributed by atoms with van der Waals surface area (Å²) in [6.07, 6.45) is 0. The highest BCUT2D eigenvalue weighted by Crippen LogP contribution is 2.17. The molecule has 1 aromatic heterocycles. The molecule has 100 valence electrons. The van der Waals surface area contributed by atoms with Crippen molar-refractivity contribution in [3.63, 3.8) is 0 Å². The van der Waals surface area contributed by atoms with E-state index in [1.54, 1.807) is 12.1 Å². The van der Waals surface area contributed by atoms with Crippen LogP contribution in [0.5, 0.6) is 0 Å². The average Bonchev–Trinajstić information content (AvgIpc) is 2.69. The lowest BCUT2D eigenvalue weighted by molar-refractivity contribution is -0.119. The van der Waals surface area contributed by atoms with Crippen molar-refractivity contribution in [3.05, 3.63) is 29.6 Å². The second-order valence-corrected chi connectivity index (χ2v) is 4.24. The standard InChI is InChI=1S/C13H16N4O2/c1-4-17-8(2)14-11-7-10(5-6-12(11)17)13(19)16-15-9(3)18/h5-7H,4H2,1-3H3,(H,15,18)(H,16,19). The largest absolute Gasteiger partial charge is 0.329 e. The lowest BCUT2D eigenvalue weighted by Crippen LogP contribution is -2.40. The summed E-state index contributed by atoms with van der Waals surface area (Å²) in [4.78, 5) is 26.9. The fraction of sp³-hybridized carbons (Fsp3) is 0.308.